The van der Waals surface area contributed by atoms with Crippen LogP contribution in [0.4, 0.5) is 0 Å². The molecule has 0 N–H and O–H groups in total. The number of ether oxygens (including phenoxy) is 1. The summed E-state index contributed by atoms with van der Waals surface area (Å²) in [4.78, 5) is 0. The Bertz CT molecular complexity index is 98.3. The summed E-state index contributed by atoms with van der Waals surface area (Å²) in [5.74, 6) is -0.123. The first-order chi connectivity index (χ1) is 5.16. The van der Waals surface area contributed by atoms with Crippen molar-refractivity contribution in [1.82, 2.24) is 0 Å². The molecule has 1 unspecified atom stereocenters. The van der Waals surface area contributed by atoms with Crippen molar-refractivity contribution in [1.29, 1.82) is 0 Å². The molecule has 0 spiro atoms. The largest absolute Gasteiger partial charge is 0.357 e. The number of methoxy groups -OCH3 is 1. The van der Waals surface area contributed by atoms with Crippen LogP contribution < -0.4 is 0 Å². The third-order valence-corrected chi connectivity index (χ3v) is 6.94. The molecular weight excluding hydrogens is 153 g/mol. The van der Waals surface area contributed by atoms with E-state index in [1.807, 2.05) is 0 Å². The van der Waals surface area contributed by atoms with Crippen molar-refractivity contribution < 1.29 is 4.74 Å². The molecule has 0 aliphatic rings. The highest BCUT2D eigenvalue weighted by Crippen LogP contribution is 2.60. The van der Waals surface area contributed by atoms with Gasteiger partial charge in [-0.2, -0.15) is 0 Å². The van der Waals surface area contributed by atoms with Crippen LogP contribution in [-0.4, -0.2) is 46.9 Å². The van der Waals surface area contributed by atoms with Crippen LogP contribution in [0.15, 0.2) is 0 Å². The van der Waals surface area contributed by atoms with Gasteiger partial charge in [0.1, 0.15) is 13.6 Å². The topological polar surface area (TPSA) is 9.23 Å². The second kappa shape index (κ2) is 5.22. The Morgan fingerprint density at radius 1 is 1.36 bits per heavy atom. The lowest BCUT2D eigenvalue weighted by molar-refractivity contribution is 0.223. The fraction of sp³-hybridized carbons (Fsp3) is 1.00. The molecule has 0 heterocycles. The SMILES string of the molecule is [B]C[P+](CC)(CC)C([B])OC. The smallest absolute Gasteiger partial charge is 0.168 e. The van der Waals surface area contributed by atoms with Crippen LogP contribution >= 0.6 is 7.26 Å². The quantitative estimate of drug-likeness (QED) is 0.444. The van der Waals surface area contributed by atoms with Crippen LogP contribution in [0.1, 0.15) is 13.8 Å². The maximum absolute atomic E-state index is 5.83. The summed E-state index contributed by atoms with van der Waals surface area (Å²) in [6.45, 7) is 4.28. The van der Waals surface area contributed by atoms with Crippen LogP contribution in [0.25, 0.3) is 0 Å². The Hall–Kier alpha value is 0.520. The molecule has 4 heteroatoms. The molecular formula is C7H16B2OP+. The van der Waals surface area contributed by atoms with E-state index >= 15 is 0 Å². The number of hydrogen-bond acceptors (Lipinski definition) is 1. The van der Waals surface area contributed by atoms with E-state index < -0.39 is 7.26 Å². The van der Waals surface area contributed by atoms with Gasteiger partial charge < -0.3 is 4.74 Å². The van der Waals surface area contributed by atoms with Gasteiger partial charge in [-0.05, 0) is 13.8 Å². The Morgan fingerprint density at radius 2 is 1.82 bits per heavy atom. The second-order valence-corrected chi connectivity index (χ2v) is 7.24. The molecule has 0 aromatic heterocycles. The Balaban J connectivity index is 4.26. The van der Waals surface area contributed by atoms with E-state index in [1.165, 1.54) is 0 Å². The van der Waals surface area contributed by atoms with Gasteiger partial charge in [-0.1, -0.05) is 0 Å². The van der Waals surface area contributed by atoms with Crippen LogP contribution in [0.2, 0.25) is 0 Å². The van der Waals surface area contributed by atoms with Gasteiger partial charge in [0.25, 0.3) is 0 Å². The predicted octanol–water partition coefficient (Wildman–Crippen LogP) is 1.27. The molecule has 0 aromatic carbocycles. The normalized spacial score (nSPS) is 14.8. The molecule has 0 fully saturated rings. The maximum Gasteiger partial charge on any atom is 0.168 e. The van der Waals surface area contributed by atoms with Crippen molar-refractivity contribution in [3.63, 3.8) is 0 Å². The fourth-order valence-electron chi connectivity index (χ4n) is 1.17. The first kappa shape index (κ1) is 11.5. The highest BCUT2D eigenvalue weighted by molar-refractivity contribution is 7.78. The van der Waals surface area contributed by atoms with Crippen LogP contribution in [-0.2, 0) is 4.74 Å². The van der Waals surface area contributed by atoms with Gasteiger partial charge in [0.2, 0.25) is 0 Å². The van der Waals surface area contributed by atoms with Crippen molar-refractivity contribution >= 4 is 23.0 Å². The molecule has 0 rings (SSSR count). The molecule has 0 aromatic rings. The van der Waals surface area contributed by atoms with E-state index in [1.54, 1.807) is 7.11 Å². The lowest BCUT2D eigenvalue weighted by Crippen LogP contribution is -2.22. The van der Waals surface area contributed by atoms with E-state index in [9.17, 15) is 0 Å². The predicted molar refractivity (Wildman–Crippen MR) is 55.2 cm³/mol. The standard InChI is InChI=1S/C7H16B2OP/c1-4-11(5-2,6-8)7(9)10-3/h7H,4-6H2,1-3H3/q+1. The van der Waals surface area contributed by atoms with E-state index in [0.717, 1.165) is 12.3 Å². The lowest BCUT2D eigenvalue weighted by Gasteiger charge is -2.29. The summed E-state index contributed by atoms with van der Waals surface area (Å²) in [5, 5.41) is 0. The highest BCUT2D eigenvalue weighted by Gasteiger charge is 2.36. The molecule has 0 saturated carbocycles. The summed E-state index contributed by atoms with van der Waals surface area (Å²) < 4.78 is 5.14. The van der Waals surface area contributed by atoms with E-state index in [-0.39, 0.29) is 5.74 Å². The van der Waals surface area contributed by atoms with Crippen LogP contribution in [0, 0.1) is 0 Å². The summed E-state index contributed by atoms with van der Waals surface area (Å²) in [6, 6.07) is 0.703. The van der Waals surface area contributed by atoms with Crippen molar-refractivity contribution in [3.05, 3.63) is 0 Å². The molecule has 11 heavy (non-hydrogen) atoms. The fourth-order valence-corrected chi connectivity index (χ4v) is 3.51. The minimum atomic E-state index is -1.20. The monoisotopic (exact) mass is 169 g/mol. The molecule has 0 amide bonds. The first-order valence-corrected chi connectivity index (χ1v) is 6.42. The number of hydrogen-bond donors (Lipinski definition) is 0. The average Bonchev–Trinajstić information content (AvgIpc) is 2.08. The zero-order chi connectivity index (χ0) is 8.91. The zero-order valence-electron chi connectivity index (χ0n) is 7.71. The second-order valence-electron chi connectivity index (χ2n) is 2.66. The van der Waals surface area contributed by atoms with Gasteiger partial charge in [-0.3, -0.25) is 0 Å². The van der Waals surface area contributed by atoms with Crippen molar-refractivity contribution in [2.24, 2.45) is 0 Å². The van der Waals surface area contributed by atoms with E-state index in [0.29, 0.717) is 6.06 Å². The molecule has 0 aliphatic carbocycles. The summed E-state index contributed by atoms with van der Waals surface area (Å²) in [5.41, 5.74) is 0. The molecule has 4 radical (unpaired) electrons. The first-order valence-electron chi connectivity index (χ1n) is 4.01. The van der Waals surface area contributed by atoms with Crippen LogP contribution in [0.5, 0.6) is 0 Å². The van der Waals surface area contributed by atoms with Gasteiger partial charge in [0.05, 0.1) is 12.3 Å². The van der Waals surface area contributed by atoms with E-state index in [2.05, 4.69) is 13.8 Å². The van der Waals surface area contributed by atoms with Gasteiger partial charge >= 0.3 is 0 Å². The highest BCUT2D eigenvalue weighted by atomic mass is 31.2. The Kier molecular flexibility index (Phi) is 5.46. The van der Waals surface area contributed by atoms with Gasteiger partial charge in [0, 0.05) is 20.4 Å². The van der Waals surface area contributed by atoms with Crippen molar-refractivity contribution in [3.8, 4) is 0 Å². The molecule has 0 saturated heterocycles. The molecule has 60 valence electrons. The summed E-state index contributed by atoms with van der Waals surface area (Å²) in [6.07, 6.45) is 2.16. The minimum absolute atomic E-state index is 0.123. The summed E-state index contributed by atoms with van der Waals surface area (Å²) in [7, 11) is 12.0. The third-order valence-electron chi connectivity index (χ3n) is 2.40. The van der Waals surface area contributed by atoms with Gasteiger partial charge in [0.15, 0.2) is 7.85 Å². The lowest BCUT2D eigenvalue weighted by atomic mass is 10.2. The minimum Gasteiger partial charge on any atom is -0.357 e. The van der Waals surface area contributed by atoms with E-state index in [4.69, 9.17) is 20.4 Å². The molecule has 1 atom stereocenters. The van der Waals surface area contributed by atoms with Gasteiger partial charge in [-0.15, -0.1) is 0 Å². The third kappa shape index (κ3) is 2.49. The Labute approximate surface area is 73.4 Å². The zero-order valence-corrected chi connectivity index (χ0v) is 8.60. The molecule has 1 nitrogen and oxygen atoms in total. The van der Waals surface area contributed by atoms with Gasteiger partial charge in [-0.25, -0.2) is 0 Å². The summed E-state index contributed by atoms with van der Waals surface area (Å²) >= 11 is 0. The van der Waals surface area contributed by atoms with Crippen LogP contribution in [0.3, 0.4) is 0 Å². The van der Waals surface area contributed by atoms with Crippen molar-refractivity contribution in [2.45, 2.75) is 19.6 Å². The average molecular weight is 169 g/mol. The number of rotatable bonds is 5. The maximum atomic E-state index is 5.83. The molecule has 0 bridgehead atoms. The molecule has 0 aliphatic heterocycles. The van der Waals surface area contributed by atoms with Crippen molar-refractivity contribution in [2.75, 3.05) is 25.5 Å². The Morgan fingerprint density at radius 3 is 1.91 bits per heavy atom.